The Balaban J connectivity index is 0.000000718. The number of likely N-dealkylation sites (N-methyl/N-ethyl adjacent to an activating group) is 1. The number of halogens is 4. The monoisotopic (exact) mass is 567 g/mol. The number of sulfonamides is 1. The van der Waals surface area contributed by atoms with Crippen LogP contribution in [0.5, 0.6) is 0 Å². The lowest BCUT2D eigenvalue weighted by Crippen LogP contribution is -2.46. The minimum absolute atomic E-state index is 0.125. The van der Waals surface area contributed by atoms with E-state index in [1.54, 1.807) is 12.1 Å². The minimum atomic E-state index is -5.08. The number of nitrogens with zero attached hydrogens (tertiary/aromatic N) is 1. The van der Waals surface area contributed by atoms with Crippen LogP contribution in [0.1, 0.15) is 11.1 Å². The van der Waals surface area contributed by atoms with Crippen LogP contribution in [0.25, 0.3) is 0 Å². The third-order valence-corrected chi connectivity index (χ3v) is 6.79. The molecule has 34 heavy (non-hydrogen) atoms. The molecule has 0 saturated carbocycles. The van der Waals surface area contributed by atoms with Crippen molar-refractivity contribution in [3.8, 4) is 0 Å². The van der Waals surface area contributed by atoms with Crippen LogP contribution < -0.4 is 14.9 Å². The van der Waals surface area contributed by atoms with Crippen LogP contribution in [0, 0.1) is 6.92 Å². The lowest BCUT2D eigenvalue weighted by molar-refractivity contribution is -0.192. The van der Waals surface area contributed by atoms with Crippen LogP contribution in [0.4, 0.5) is 18.9 Å². The summed E-state index contributed by atoms with van der Waals surface area (Å²) in [6, 6.07) is 11.5. The zero-order valence-electron chi connectivity index (χ0n) is 18.8. The van der Waals surface area contributed by atoms with Crippen molar-refractivity contribution in [3.63, 3.8) is 0 Å². The van der Waals surface area contributed by atoms with E-state index in [-0.39, 0.29) is 17.2 Å². The third kappa shape index (κ3) is 8.95. The maximum atomic E-state index is 12.7. The molecule has 0 heterocycles. The number of carbonyl (C=O) groups excluding carboxylic acids is 1. The van der Waals surface area contributed by atoms with E-state index in [1.165, 1.54) is 13.1 Å². The number of carboxylic acid groups (broad SMARTS) is 1. The molecule has 0 fully saturated rings. The molecule has 2 rings (SSSR count). The summed E-state index contributed by atoms with van der Waals surface area (Å²) in [5.41, 5.74) is 2.69. The number of carbonyl (C=O) groups is 2. The van der Waals surface area contributed by atoms with Gasteiger partial charge < -0.3 is 15.3 Å². The Morgan fingerprint density at radius 3 is 2.06 bits per heavy atom. The molecular formula is C21H25BrF3N3O5S. The van der Waals surface area contributed by atoms with Gasteiger partial charge in [0.2, 0.25) is 15.9 Å². The molecule has 0 aliphatic rings. The van der Waals surface area contributed by atoms with Crippen molar-refractivity contribution >= 4 is 43.5 Å². The standard InChI is InChI=1S/C19H24BrN3O3S.C2HF3O2/c1-13-11-16(9-10-17(13)20)27(25,26)22-18(19(24)21-2)12-14-5-7-15(8-6-14)23(3)4;3-2(4,5)1(6)7/h5-11,18,22H,12H2,1-4H3,(H,21,24);(H,6,7). The number of nitrogens with one attached hydrogen (secondary N) is 2. The number of hydrogen-bond acceptors (Lipinski definition) is 5. The molecule has 188 valence electrons. The second-order valence-corrected chi connectivity index (χ2v) is 9.84. The van der Waals surface area contributed by atoms with E-state index in [4.69, 9.17) is 9.90 Å². The van der Waals surface area contributed by atoms with Gasteiger partial charge in [0.15, 0.2) is 0 Å². The number of benzene rings is 2. The maximum Gasteiger partial charge on any atom is 0.490 e. The summed E-state index contributed by atoms with van der Waals surface area (Å²) >= 11 is 3.36. The first-order valence-electron chi connectivity index (χ1n) is 9.65. The summed E-state index contributed by atoms with van der Waals surface area (Å²) in [5, 5.41) is 9.65. The Kier molecular flexibility index (Phi) is 10.5. The number of aliphatic carboxylic acids is 1. The number of anilines is 1. The third-order valence-electron chi connectivity index (χ3n) is 4.44. The zero-order valence-corrected chi connectivity index (χ0v) is 21.2. The molecule has 2 aromatic carbocycles. The molecule has 13 heteroatoms. The van der Waals surface area contributed by atoms with Crippen LogP contribution in [-0.4, -0.2) is 58.8 Å². The quantitative estimate of drug-likeness (QED) is 0.473. The van der Waals surface area contributed by atoms with Crippen molar-refractivity contribution in [3.05, 3.63) is 58.1 Å². The van der Waals surface area contributed by atoms with E-state index in [9.17, 15) is 26.4 Å². The highest BCUT2D eigenvalue weighted by Crippen LogP contribution is 2.21. The number of carboxylic acids is 1. The summed E-state index contributed by atoms with van der Waals surface area (Å²) < 4.78 is 60.6. The van der Waals surface area contributed by atoms with Gasteiger partial charge in [0.25, 0.3) is 0 Å². The molecule has 8 nitrogen and oxygen atoms in total. The number of amides is 1. The Labute approximate surface area is 204 Å². The van der Waals surface area contributed by atoms with Crippen molar-refractivity contribution in [2.24, 2.45) is 0 Å². The fourth-order valence-electron chi connectivity index (χ4n) is 2.57. The van der Waals surface area contributed by atoms with Gasteiger partial charge in [-0.25, -0.2) is 13.2 Å². The molecule has 0 aliphatic heterocycles. The maximum absolute atomic E-state index is 12.7. The number of alkyl halides is 3. The molecule has 3 N–H and O–H groups in total. The summed E-state index contributed by atoms with van der Waals surface area (Å²) in [4.78, 5) is 23.3. The van der Waals surface area contributed by atoms with Gasteiger partial charge in [0, 0.05) is 31.3 Å². The SMILES string of the molecule is CNC(=O)C(Cc1ccc(N(C)C)cc1)NS(=O)(=O)c1ccc(Br)c(C)c1.O=C(O)C(F)(F)F. The van der Waals surface area contributed by atoms with Crippen LogP contribution in [0.2, 0.25) is 0 Å². The van der Waals surface area contributed by atoms with Gasteiger partial charge >= 0.3 is 12.1 Å². The molecule has 1 amide bonds. The summed E-state index contributed by atoms with van der Waals surface area (Å²) in [5.74, 6) is -3.14. The van der Waals surface area contributed by atoms with E-state index >= 15 is 0 Å². The minimum Gasteiger partial charge on any atom is -0.475 e. The molecule has 2 aromatic rings. The van der Waals surface area contributed by atoms with Gasteiger partial charge in [-0.05, 0) is 54.8 Å². The van der Waals surface area contributed by atoms with Gasteiger partial charge in [0.05, 0.1) is 4.90 Å². The molecule has 0 bridgehead atoms. The molecule has 0 radical (unpaired) electrons. The van der Waals surface area contributed by atoms with E-state index in [0.29, 0.717) is 0 Å². The summed E-state index contributed by atoms with van der Waals surface area (Å²) in [7, 11) is 1.54. The van der Waals surface area contributed by atoms with E-state index in [0.717, 1.165) is 21.3 Å². The predicted octanol–water partition coefficient (Wildman–Crippen LogP) is 3.09. The van der Waals surface area contributed by atoms with E-state index in [2.05, 4.69) is 26.0 Å². The normalized spacial score (nSPS) is 12.2. The Morgan fingerprint density at radius 2 is 1.65 bits per heavy atom. The fraction of sp³-hybridized carbons (Fsp3) is 0.333. The lowest BCUT2D eigenvalue weighted by Gasteiger charge is -2.19. The molecule has 0 aliphatic carbocycles. The van der Waals surface area contributed by atoms with Crippen molar-refractivity contribution in [1.29, 1.82) is 0 Å². The highest BCUT2D eigenvalue weighted by atomic mass is 79.9. The fourth-order valence-corrected chi connectivity index (χ4v) is 4.09. The van der Waals surface area contributed by atoms with Crippen LogP contribution in [0.3, 0.4) is 0 Å². The molecule has 1 atom stereocenters. The zero-order chi connectivity index (χ0) is 26.3. The Morgan fingerprint density at radius 1 is 1.12 bits per heavy atom. The van der Waals surface area contributed by atoms with Gasteiger partial charge in [-0.3, -0.25) is 4.79 Å². The number of hydrogen-bond donors (Lipinski definition) is 3. The number of aryl methyl sites for hydroxylation is 1. The van der Waals surface area contributed by atoms with Crippen molar-refractivity contribution in [2.45, 2.75) is 30.5 Å². The van der Waals surface area contributed by atoms with Crippen LogP contribution in [0.15, 0.2) is 51.8 Å². The Bertz CT molecular complexity index is 1110. The first-order valence-corrected chi connectivity index (χ1v) is 11.9. The molecule has 0 aromatic heterocycles. The summed E-state index contributed by atoms with van der Waals surface area (Å²) in [6.07, 6.45) is -4.83. The molecular weight excluding hydrogens is 543 g/mol. The van der Waals surface area contributed by atoms with Gasteiger partial charge in [0.1, 0.15) is 6.04 Å². The molecule has 0 saturated heterocycles. The van der Waals surface area contributed by atoms with Crippen molar-refractivity contribution in [2.75, 3.05) is 26.0 Å². The average Bonchev–Trinajstić information content (AvgIpc) is 2.74. The van der Waals surface area contributed by atoms with E-state index < -0.39 is 28.2 Å². The summed E-state index contributed by atoms with van der Waals surface area (Å²) in [6.45, 7) is 1.81. The Hall–Kier alpha value is -2.64. The second-order valence-electron chi connectivity index (χ2n) is 7.27. The number of rotatable bonds is 7. The highest BCUT2D eigenvalue weighted by molar-refractivity contribution is 9.10. The average molecular weight is 568 g/mol. The van der Waals surface area contributed by atoms with E-state index in [1.807, 2.05) is 50.2 Å². The molecule has 1 unspecified atom stereocenters. The van der Waals surface area contributed by atoms with Crippen molar-refractivity contribution < 1.29 is 36.3 Å². The lowest BCUT2D eigenvalue weighted by atomic mass is 10.1. The second kappa shape index (κ2) is 12.2. The van der Waals surface area contributed by atoms with Gasteiger partial charge in [-0.15, -0.1) is 0 Å². The highest BCUT2D eigenvalue weighted by Gasteiger charge is 2.38. The predicted molar refractivity (Wildman–Crippen MR) is 125 cm³/mol. The topological polar surface area (TPSA) is 116 Å². The van der Waals surface area contributed by atoms with Gasteiger partial charge in [-0.2, -0.15) is 17.9 Å². The van der Waals surface area contributed by atoms with Crippen LogP contribution >= 0.6 is 15.9 Å². The molecule has 0 spiro atoms. The van der Waals surface area contributed by atoms with Crippen molar-refractivity contribution in [1.82, 2.24) is 10.0 Å². The van der Waals surface area contributed by atoms with Gasteiger partial charge in [-0.1, -0.05) is 28.1 Å². The largest absolute Gasteiger partial charge is 0.490 e. The van der Waals surface area contributed by atoms with Crippen LogP contribution in [-0.2, 0) is 26.0 Å². The first-order chi connectivity index (χ1) is 15.6. The smallest absolute Gasteiger partial charge is 0.475 e. The first kappa shape index (κ1) is 29.4.